The highest BCUT2D eigenvalue weighted by atomic mass is 15.1. The highest BCUT2D eigenvalue weighted by Gasteiger charge is 1.95. The Hall–Kier alpha value is -0.660. The average molecular weight is 155 g/mol. The quantitative estimate of drug-likeness (QED) is 0.458. The zero-order valence-electron chi connectivity index (χ0n) is 7.43. The van der Waals surface area contributed by atoms with E-state index in [0.29, 0.717) is 0 Å². The van der Waals surface area contributed by atoms with Gasteiger partial charge in [0.25, 0.3) is 0 Å². The third kappa shape index (κ3) is 5.77. The Kier molecular flexibility index (Phi) is 7.00. The Balaban J connectivity index is 3.27. The van der Waals surface area contributed by atoms with Crippen LogP contribution in [0.5, 0.6) is 0 Å². The fourth-order valence-corrected chi connectivity index (χ4v) is 0.969. The third-order valence-corrected chi connectivity index (χ3v) is 1.72. The number of hydrogen-bond donors (Lipinski definition) is 1. The minimum absolute atomic E-state index is 0.736. The summed E-state index contributed by atoms with van der Waals surface area (Å²) in [5, 5.41) is 6.55. The summed E-state index contributed by atoms with van der Waals surface area (Å²) in [6, 6.07) is 2.03. The van der Waals surface area contributed by atoms with Gasteiger partial charge in [0.05, 0.1) is 12.6 Å². The molecule has 0 fully saturated rings. The van der Waals surface area contributed by atoms with E-state index < -0.39 is 0 Å². The molecule has 0 aliphatic heterocycles. The molecule has 0 bridgehead atoms. The van der Waals surface area contributed by atoms with E-state index in [1.165, 1.54) is 0 Å². The third-order valence-electron chi connectivity index (χ3n) is 1.72. The normalized spacial score (nSPS) is 9.73. The summed E-state index contributed by atoms with van der Waals surface area (Å²) in [4.78, 5) is 6.05. The van der Waals surface area contributed by atoms with Crippen LogP contribution < -0.4 is 0 Å². The monoisotopic (exact) mass is 155 g/mol. The van der Waals surface area contributed by atoms with E-state index in [4.69, 9.17) is 5.41 Å². The molecule has 3 heteroatoms. The lowest BCUT2D eigenvalue weighted by molar-refractivity contribution is 0.302. The molecule has 64 valence electrons. The molecule has 0 aliphatic rings. The maximum absolute atomic E-state index is 6.55. The summed E-state index contributed by atoms with van der Waals surface area (Å²) < 4.78 is 0. The maximum Gasteiger partial charge on any atom is 0.0861 e. The summed E-state index contributed by atoms with van der Waals surface area (Å²) in [5.41, 5.74) is 0. The van der Waals surface area contributed by atoms with E-state index in [1.807, 2.05) is 6.01 Å². The van der Waals surface area contributed by atoms with Crippen LogP contribution in [0.2, 0.25) is 0 Å². The number of hydrogen-bond acceptors (Lipinski definition) is 3. The number of nitrogens with one attached hydrogen (secondary N) is 1. The van der Waals surface area contributed by atoms with Crippen LogP contribution >= 0.6 is 0 Å². The van der Waals surface area contributed by atoms with Crippen molar-refractivity contribution < 1.29 is 0 Å². The summed E-state index contributed by atoms with van der Waals surface area (Å²) in [6.07, 6.45) is 1.04. The molecule has 0 radical (unpaired) electrons. The Labute approximate surface area is 68.6 Å². The maximum atomic E-state index is 6.55. The lowest BCUT2D eigenvalue weighted by Gasteiger charge is -2.16. The van der Waals surface area contributed by atoms with E-state index in [0.717, 1.165) is 32.6 Å². The van der Waals surface area contributed by atoms with Crippen molar-refractivity contribution in [1.82, 2.24) is 4.90 Å². The van der Waals surface area contributed by atoms with Crippen LogP contribution in [0.15, 0.2) is 4.99 Å². The zero-order valence-corrected chi connectivity index (χ0v) is 7.43. The van der Waals surface area contributed by atoms with E-state index in [-0.39, 0.29) is 0 Å². The van der Waals surface area contributed by atoms with Gasteiger partial charge in [0.1, 0.15) is 0 Å². The van der Waals surface area contributed by atoms with Gasteiger partial charge in [-0.25, -0.2) is 10.4 Å². The van der Waals surface area contributed by atoms with Gasteiger partial charge in [-0.3, -0.25) is 0 Å². The number of aliphatic imine (C=N–C) groups is 1. The molecule has 0 rings (SSSR count). The Bertz CT molecular complexity index is 123. The molecular formula is C8H17N3. The van der Waals surface area contributed by atoms with Crippen molar-refractivity contribution in [3.63, 3.8) is 0 Å². The predicted molar refractivity (Wildman–Crippen MR) is 47.4 cm³/mol. The van der Waals surface area contributed by atoms with Crippen molar-refractivity contribution in [1.29, 1.82) is 5.41 Å². The zero-order chi connectivity index (χ0) is 8.53. The number of nitrogens with zero attached hydrogens (tertiary/aromatic N) is 2. The molecule has 0 heterocycles. The van der Waals surface area contributed by atoms with Crippen LogP contribution in [0.1, 0.15) is 20.3 Å². The van der Waals surface area contributed by atoms with Crippen molar-refractivity contribution in [2.75, 3.05) is 26.2 Å². The molecule has 0 saturated carbocycles. The molecule has 0 unspecified atom stereocenters. The molecular weight excluding hydrogens is 138 g/mol. The summed E-state index contributed by atoms with van der Waals surface area (Å²) in [6.45, 7) is 8.33. The molecule has 0 saturated heterocycles. The fourth-order valence-electron chi connectivity index (χ4n) is 0.969. The van der Waals surface area contributed by atoms with Gasteiger partial charge in [0.2, 0.25) is 0 Å². The first-order valence-electron chi connectivity index (χ1n) is 4.15. The van der Waals surface area contributed by atoms with E-state index in [1.54, 1.807) is 0 Å². The van der Waals surface area contributed by atoms with Crippen LogP contribution in [-0.4, -0.2) is 37.1 Å². The molecule has 0 amide bonds. The minimum Gasteiger partial charge on any atom is -0.304 e. The van der Waals surface area contributed by atoms with Gasteiger partial charge in [0, 0.05) is 0 Å². The highest BCUT2D eigenvalue weighted by Crippen LogP contribution is 1.89. The lowest BCUT2D eigenvalue weighted by Crippen LogP contribution is -2.24. The Morgan fingerprint density at radius 3 is 2.45 bits per heavy atom. The second-order valence-electron chi connectivity index (χ2n) is 2.37. The van der Waals surface area contributed by atoms with Gasteiger partial charge < -0.3 is 4.90 Å². The molecule has 11 heavy (non-hydrogen) atoms. The fraction of sp³-hybridized carbons (Fsp3) is 0.875. The van der Waals surface area contributed by atoms with Gasteiger partial charge in [0.15, 0.2) is 0 Å². The van der Waals surface area contributed by atoms with Gasteiger partial charge >= 0.3 is 0 Å². The first-order valence-corrected chi connectivity index (χ1v) is 4.15. The Morgan fingerprint density at radius 2 is 2.00 bits per heavy atom. The topological polar surface area (TPSA) is 39.5 Å². The predicted octanol–water partition coefficient (Wildman–Crippen LogP) is 1.47. The van der Waals surface area contributed by atoms with E-state index in [2.05, 4.69) is 23.7 Å². The number of rotatable bonds is 6. The van der Waals surface area contributed by atoms with Crippen LogP contribution in [-0.2, 0) is 0 Å². The standard InChI is InChI=1S/C8H17N3/c1-3-11(4-2)7-5-6-10-8-9/h9H,3-7H2,1-2H3. The first kappa shape index (κ1) is 10.3. The minimum atomic E-state index is 0.736. The molecule has 3 nitrogen and oxygen atoms in total. The average Bonchev–Trinajstić information content (AvgIpc) is 2.05. The molecule has 0 aromatic heterocycles. The van der Waals surface area contributed by atoms with Crippen molar-refractivity contribution >= 4 is 6.01 Å². The van der Waals surface area contributed by atoms with Crippen LogP contribution in [0.4, 0.5) is 0 Å². The van der Waals surface area contributed by atoms with Gasteiger partial charge in [-0.2, -0.15) is 0 Å². The van der Waals surface area contributed by atoms with E-state index >= 15 is 0 Å². The van der Waals surface area contributed by atoms with Crippen molar-refractivity contribution in [3.8, 4) is 0 Å². The summed E-state index contributed by atoms with van der Waals surface area (Å²) >= 11 is 0. The van der Waals surface area contributed by atoms with Gasteiger partial charge in [-0.15, -0.1) is 0 Å². The largest absolute Gasteiger partial charge is 0.304 e. The molecule has 0 aromatic rings. The lowest BCUT2D eigenvalue weighted by atomic mass is 10.4. The van der Waals surface area contributed by atoms with E-state index in [9.17, 15) is 0 Å². The molecule has 0 spiro atoms. The van der Waals surface area contributed by atoms with Gasteiger partial charge in [-0.1, -0.05) is 13.8 Å². The van der Waals surface area contributed by atoms with Crippen molar-refractivity contribution in [3.05, 3.63) is 0 Å². The van der Waals surface area contributed by atoms with Crippen molar-refractivity contribution in [2.45, 2.75) is 20.3 Å². The SMILES string of the molecule is CCN(CC)CCCN=C=N. The van der Waals surface area contributed by atoms with Crippen molar-refractivity contribution in [2.24, 2.45) is 4.99 Å². The summed E-state index contributed by atoms with van der Waals surface area (Å²) in [7, 11) is 0. The second kappa shape index (κ2) is 7.45. The van der Waals surface area contributed by atoms with Gasteiger partial charge in [-0.05, 0) is 26.1 Å². The molecule has 0 aromatic carbocycles. The molecule has 1 N–H and O–H groups in total. The smallest absolute Gasteiger partial charge is 0.0861 e. The Morgan fingerprint density at radius 1 is 1.36 bits per heavy atom. The molecule has 0 aliphatic carbocycles. The highest BCUT2D eigenvalue weighted by molar-refractivity contribution is 5.35. The summed E-state index contributed by atoms with van der Waals surface area (Å²) in [5.74, 6) is 0. The second-order valence-corrected chi connectivity index (χ2v) is 2.37. The first-order chi connectivity index (χ1) is 5.35. The van der Waals surface area contributed by atoms with Crippen LogP contribution in [0.25, 0.3) is 0 Å². The van der Waals surface area contributed by atoms with Crippen LogP contribution in [0.3, 0.4) is 0 Å². The molecule has 0 atom stereocenters. The van der Waals surface area contributed by atoms with Crippen LogP contribution in [0, 0.1) is 5.41 Å².